The van der Waals surface area contributed by atoms with Crippen LogP contribution in [-0.4, -0.2) is 19.9 Å². The third kappa shape index (κ3) is 3.30. The van der Waals surface area contributed by atoms with E-state index in [4.69, 9.17) is 4.52 Å². The number of hydrogen-bond donors (Lipinski definition) is 0. The highest BCUT2D eigenvalue weighted by molar-refractivity contribution is 5.92. The Morgan fingerprint density at radius 1 is 0.903 bits per heavy atom. The summed E-state index contributed by atoms with van der Waals surface area (Å²) in [4.78, 5) is 17.6. The SMILES string of the molecule is Cc1ccc(-c2noc(-c3nn(-c4ccc(F)cc4)c(=O)c4ccccc34)n2)cc1C. The highest BCUT2D eigenvalue weighted by Crippen LogP contribution is 2.27. The lowest BCUT2D eigenvalue weighted by Gasteiger charge is -2.09. The van der Waals surface area contributed by atoms with Crippen molar-refractivity contribution in [2.75, 3.05) is 0 Å². The van der Waals surface area contributed by atoms with Crippen molar-refractivity contribution in [1.82, 2.24) is 19.9 Å². The van der Waals surface area contributed by atoms with E-state index in [0.29, 0.717) is 28.0 Å². The molecule has 5 rings (SSSR count). The van der Waals surface area contributed by atoms with Crippen LogP contribution >= 0.6 is 0 Å². The van der Waals surface area contributed by atoms with Gasteiger partial charge < -0.3 is 4.52 Å². The van der Waals surface area contributed by atoms with Crippen LogP contribution in [0.2, 0.25) is 0 Å². The molecule has 0 unspecified atom stereocenters. The summed E-state index contributed by atoms with van der Waals surface area (Å²) in [7, 11) is 0. The zero-order valence-corrected chi connectivity index (χ0v) is 16.8. The first-order chi connectivity index (χ1) is 15.0. The topological polar surface area (TPSA) is 73.8 Å². The fourth-order valence-corrected chi connectivity index (χ4v) is 3.42. The molecule has 0 spiro atoms. The quantitative estimate of drug-likeness (QED) is 0.423. The molecule has 152 valence electrons. The number of halogens is 1. The lowest BCUT2D eigenvalue weighted by molar-refractivity contribution is 0.430. The Kier molecular flexibility index (Phi) is 4.43. The summed E-state index contributed by atoms with van der Waals surface area (Å²) in [6.07, 6.45) is 0. The van der Waals surface area contributed by atoms with Crippen molar-refractivity contribution in [3.8, 4) is 28.7 Å². The van der Waals surface area contributed by atoms with Gasteiger partial charge in [-0.05, 0) is 61.4 Å². The molecular formula is C24H17FN4O2. The van der Waals surface area contributed by atoms with E-state index in [2.05, 4.69) is 15.2 Å². The van der Waals surface area contributed by atoms with Gasteiger partial charge in [0, 0.05) is 10.9 Å². The molecule has 0 saturated carbocycles. The number of nitrogens with zero attached hydrogens (tertiary/aromatic N) is 4. The van der Waals surface area contributed by atoms with Gasteiger partial charge in [0.05, 0.1) is 11.1 Å². The zero-order chi connectivity index (χ0) is 21.5. The first-order valence-electron chi connectivity index (χ1n) is 9.71. The van der Waals surface area contributed by atoms with Crippen molar-refractivity contribution in [2.45, 2.75) is 13.8 Å². The maximum atomic E-state index is 13.4. The maximum absolute atomic E-state index is 13.4. The van der Waals surface area contributed by atoms with E-state index < -0.39 is 5.82 Å². The molecular weight excluding hydrogens is 395 g/mol. The normalized spacial score (nSPS) is 11.2. The Morgan fingerprint density at radius 3 is 2.39 bits per heavy atom. The van der Waals surface area contributed by atoms with E-state index >= 15 is 0 Å². The van der Waals surface area contributed by atoms with Crippen LogP contribution in [0.4, 0.5) is 4.39 Å². The molecule has 0 N–H and O–H groups in total. The van der Waals surface area contributed by atoms with Gasteiger partial charge in [0.15, 0.2) is 5.69 Å². The molecule has 0 aliphatic carbocycles. The number of aromatic nitrogens is 4. The van der Waals surface area contributed by atoms with E-state index in [-0.39, 0.29) is 11.4 Å². The molecule has 31 heavy (non-hydrogen) atoms. The van der Waals surface area contributed by atoms with E-state index in [9.17, 15) is 9.18 Å². The summed E-state index contributed by atoms with van der Waals surface area (Å²) in [5, 5.41) is 9.65. The van der Waals surface area contributed by atoms with Gasteiger partial charge in [-0.25, -0.2) is 4.39 Å². The Hall–Kier alpha value is -4.13. The van der Waals surface area contributed by atoms with Gasteiger partial charge in [-0.1, -0.05) is 35.5 Å². The predicted octanol–water partition coefficient (Wildman–Crippen LogP) is 4.86. The standard InChI is InChI=1S/C24H17FN4O2/c1-14-7-8-16(13-15(14)2)22-26-23(31-28-22)21-19-5-3-4-6-20(19)24(30)29(27-21)18-11-9-17(25)10-12-18/h3-13H,1-2H3. The summed E-state index contributed by atoms with van der Waals surface area (Å²) < 4.78 is 20.1. The minimum atomic E-state index is -0.396. The van der Waals surface area contributed by atoms with Crippen LogP contribution in [0.5, 0.6) is 0 Å². The molecule has 0 aliphatic rings. The van der Waals surface area contributed by atoms with E-state index in [0.717, 1.165) is 11.1 Å². The molecule has 6 nitrogen and oxygen atoms in total. The molecule has 0 atom stereocenters. The van der Waals surface area contributed by atoms with E-state index in [1.165, 1.54) is 34.5 Å². The zero-order valence-electron chi connectivity index (χ0n) is 16.8. The van der Waals surface area contributed by atoms with Crippen LogP contribution < -0.4 is 5.56 Å². The summed E-state index contributed by atoms with van der Waals surface area (Å²) >= 11 is 0. The number of rotatable bonds is 3. The molecule has 2 heterocycles. The first kappa shape index (κ1) is 18.9. The number of hydrogen-bond acceptors (Lipinski definition) is 5. The van der Waals surface area contributed by atoms with Gasteiger partial charge in [0.2, 0.25) is 5.82 Å². The average molecular weight is 412 g/mol. The van der Waals surface area contributed by atoms with E-state index in [1.807, 2.05) is 38.1 Å². The average Bonchev–Trinajstić information content (AvgIpc) is 3.27. The fourth-order valence-electron chi connectivity index (χ4n) is 3.42. The third-order valence-corrected chi connectivity index (χ3v) is 5.27. The largest absolute Gasteiger partial charge is 0.332 e. The molecule has 3 aromatic carbocycles. The Bertz CT molecular complexity index is 1490. The molecule has 2 aromatic heterocycles. The van der Waals surface area contributed by atoms with Gasteiger partial charge >= 0.3 is 0 Å². The van der Waals surface area contributed by atoms with Gasteiger partial charge in [-0.3, -0.25) is 4.79 Å². The van der Waals surface area contributed by atoms with Crippen molar-refractivity contribution in [3.63, 3.8) is 0 Å². The minimum Gasteiger partial charge on any atom is -0.332 e. The Morgan fingerprint density at radius 2 is 1.65 bits per heavy atom. The fraction of sp³-hybridized carbons (Fsp3) is 0.0833. The molecule has 0 radical (unpaired) electrons. The monoisotopic (exact) mass is 412 g/mol. The molecule has 5 aromatic rings. The molecule has 0 aliphatic heterocycles. The second-order valence-corrected chi connectivity index (χ2v) is 7.31. The first-order valence-corrected chi connectivity index (χ1v) is 9.71. The van der Waals surface area contributed by atoms with Gasteiger partial charge in [0.1, 0.15) is 5.82 Å². The summed E-state index contributed by atoms with van der Waals surface area (Å²) in [5.74, 6) is 0.233. The van der Waals surface area contributed by atoms with E-state index in [1.54, 1.807) is 18.2 Å². The maximum Gasteiger partial charge on any atom is 0.279 e. The van der Waals surface area contributed by atoms with Crippen LogP contribution in [0.3, 0.4) is 0 Å². The lowest BCUT2D eigenvalue weighted by atomic mass is 10.1. The van der Waals surface area contributed by atoms with Crippen molar-refractivity contribution < 1.29 is 8.91 Å². The molecule has 7 heteroatoms. The second-order valence-electron chi connectivity index (χ2n) is 7.31. The molecule has 0 bridgehead atoms. The van der Waals surface area contributed by atoms with Crippen LogP contribution in [0.1, 0.15) is 11.1 Å². The predicted molar refractivity (Wildman–Crippen MR) is 116 cm³/mol. The summed E-state index contributed by atoms with van der Waals surface area (Å²) in [6.45, 7) is 4.06. The van der Waals surface area contributed by atoms with Crippen molar-refractivity contribution in [3.05, 3.63) is 94.0 Å². The van der Waals surface area contributed by atoms with Crippen molar-refractivity contribution in [1.29, 1.82) is 0 Å². The van der Waals surface area contributed by atoms with Crippen LogP contribution in [0.15, 0.2) is 76.0 Å². The molecule has 0 fully saturated rings. The molecule has 0 amide bonds. The number of aryl methyl sites for hydroxylation is 2. The molecule has 0 saturated heterocycles. The van der Waals surface area contributed by atoms with Crippen LogP contribution in [0, 0.1) is 19.7 Å². The van der Waals surface area contributed by atoms with Gasteiger partial charge in [-0.15, -0.1) is 0 Å². The second kappa shape index (κ2) is 7.28. The highest BCUT2D eigenvalue weighted by atomic mass is 19.1. The van der Waals surface area contributed by atoms with Crippen LogP contribution in [0.25, 0.3) is 39.4 Å². The lowest BCUT2D eigenvalue weighted by Crippen LogP contribution is -2.22. The highest BCUT2D eigenvalue weighted by Gasteiger charge is 2.19. The Balaban J connectivity index is 1.71. The summed E-state index contributed by atoms with van der Waals surface area (Å²) in [6, 6.07) is 18.6. The Labute approximate surface area is 176 Å². The number of fused-ring (bicyclic) bond motifs is 1. The van der Waals surface area contributed by atoms with Crippen LogP contribution in [-0.2, 0) is 0 Å². The summed E-state index contributed by atoms with van der Waals surface area (Å²) in [5.41, 5.74) is 3.62. The minimum absolute atomic E-state index is 0.195. The van der Waals surface area contributed by atoms with Crippen molar-refractivity contribution >= 4 is 10.8 Å². The van der Waals surface area contributed by atoms with Crippen molar-refractivity contribution in [2.24, 2.45) is 0 Å². The van der Waals surface area contributed by atoms with Gasteiger partial charge in [0.25, 0.3) is 11.4 Å². The van der Waals surface area contributed by atoms with Gasteiger partial charge in [-0.2, -0.15) is 14.8 Å². The number of benzene rings is 3. The smallest absolute Gasteiger partial charge is 0.279 e. The third-order valence-electron chi connectivity index (χ3n) is 5.27.